The fraction of sp³-hybridized carbons (Fsp3) is 0.556. The number of nitrogens with zero attached hydrogens (tertiary/aromatic N) is 2. The minimum Gasteiger partial charge on any atom is -0.471 e. The second-order valence-electron chi connectivity index (χ2n) is 6.43. The van der Waals surface area contributed by atoms with E-state index in [-0.39, 0.29) is 29.6 Å². The number of rotatable bonds is 5. The van der Waals surface area contributed by atoms with Gasteiger partial charge in [-0.1, -0.05) is 0 Å². The van der Waals surface area contributed by atoms with Crippen molar-refractivity contribution in [2.24, 2.45) is 0 Å². The second kappa shape index (κ2) is 9.60. The van der Waals surface area contributed by atoms with Gasteiger partial charge in [-0.2, -0.15) is 11.8 Å². The van der Waals surface area contributed by atoms with Crippen LogP contribution < -0.4 is 15.1 Å². The van der Waals surface area contributed by atoms with Crippen molar-refractivity contribution in [1.29, 1.82) is 0 Å². The summed E-state index contributed by atoms with van der Waals surface area (Å²) in [6, 6.07) is 2.39. The number of hydrogen-bond donors (Lipinski definition) is 1. The smallest absolute Gasteiger partial charge is 0.414 e. The molecular formula is C18H23F2N3O3S2. The van der Waals surface area contributed by atoms with Crippen LogP contribution in [0.2, 0.25) is 0 Å². The van der Waals surface area contributed by atoms with Crippen molar-refractivity contribution in [3.05, 3.63) is 23.8 Å². The maximum Gasteiger partial charge on any atom is 0.414 e. The molecule has 2 aliphatic heterocycles. The molecule has 0 bridgehead atoms. The van der Waals surface area contributed by atoms with Gasteiger partial charge in [0.1, 0.15) is 11.8 Å². The molecule has 1 N–H and O–H groups in total. The Hall–Kier alpha value is -1.81. The van der Waals surface area contributed by atoms with E-state index in [0.29, 0.717) is 19.7 Å². The lowest BCUT2D eigenvalue weighted by Gasteiger charge is -2.24. The van der Waals surface area contributed by atoms with Gasteiger partial charge < -0.3 is 19.7 Å². The molecule has 1 aromatic rings. The van der Waals surface area contributed by atoms with Gasteiger partial charge in [0.25, 0.3) is 5.17 Å². The highest BCUT2D eigenvalue weighted by Crippen LogP contribution is 2.32. The van der Waals surface area contributed by atoms with E-state index < -0.39 is 23.8 Å². The highest BCUT2D eigenvalue weighted by molar-refractivity contribution is 7.99. The Morgan fingerprint density at radius 1 is 1.36 bits per heavy atom. The van der Waals surface area contributed by atoms with Gasteiger partial charge in [-0.15, -0.1) is 0 Å². The molecule has 2 heterocycles. The number of ether oxygens (including phenoxy) is 2. The van der Waals surface area contributed by atoms with Crippen LogP contribution in [0.15, 0.2) is 12.1 Å². The summed E-state index contributed by atoms with van der Waals surface area (Å²) in [5.74, 6) is 0.472. The summed E-state index contributed by atoms with van der Waals surface area (Å²) in [7, 11) is 0. The van der Waals surface area contributed by atoms with Crippen LogP contribution in [0.3, 0.4) is 0 Å². The Labute approximate surface area is 172 Å². The average molecular weight is 432 g/mol. The zero-order chi connectivity index (χ0) is 20.1. The fourth-order valence-electron chi connectivity index (χ4n) is 3.20. The first-order chi connectivity index (χ1) is 13.5. The van der Waals surface area contributed by atoms with Crippen LogP contribution in [0.5, 0.6) is 0 Å². The molecule has 10 heteroatoms. The van der Waals surface area contributed by atoms with E-state index in [1.54, 1.807) is 16.7 Å². The van der Waals surface area contributed by atoms with Crippen LogP contribution in [-0.4, -0.2) is 61.7 Å². The minimum absolute atomic E-state index is 0.0286. The first-order valence-corrected chi connectivity index (χ1v) is 10.8. The number of nitrogens with one attached hydrogen (secondary N) is 1. The molecule has 2 aliphatic rings. The molecule has 0 saturated carbocycles. The topological polar surface area (TPSA) is 54.0 Å². The van der Waals surface area contributed by atoms with Gasteiger partial charge in [-0.25, -0.2) is 13.6 Å². The van der Waals surface area contributed by atoms with Gasteiger partial charge in [0, 0.05) is 31.0 Å². The number of anilines is 2. The molecule has 1 amide bonds. The zero-order valence-corrected chi connectivity index (χ0v) is 17.2. The van der Waals surface area contributed by atoms with Crippen molar-refractivity contribution < 1.29 is 23.0 Å². The number of benzene rings is 1. The standard InChI is InChI=1S/C18H23F2N3O3S2/c1-2-25-17(27)21-10-13-11-23(18(24)26-13)12-8-14(19)16(15(20)9-12)22-4-3-6-28-7-5-22/h8-9,13H,2-7,10-11H2,1H3,(H,21,27)/t13-/m0/s1. The first kappa shape index (κ1) is 20.9. The van der Waals surface area contributed by atoms with E-state index in [0.717, 1.165) is 17.9 Å². The first-order valence-electron chi connectivity index (χ1n) is 9.20. The molecule has 2 fully saturated rings. The minimum atomic E-state index is -0.672. The van der Waals surface area contributed by atoms with E-state index in [1.807, 2.05) is 6.92 Å². The van der Waals surface area contributed by atoms with Gasteiger partial charge in [0.05, 0.1) is 25.4 Å². The van der Waals surface area contributed by atoms with E-state index in [1.165, 1.54) is 17.0 Å². The van der Waals surface area contributed by atoms with Gasteiger partial charge in [-0.05, 0) is 31.3 Å². The van der Waals surface area contributed by atoms with Crippen LogP contribution in [0, 0.1) is 11.6 Å². The number of amides is 1. The third-order valence-electron chi connectivity index (χ3n) is 4.48. The molecule has 0 aliphatic carbocycles. The lowest BCUT2D eigenvalue weighted by Crippen LogP contribution is -2.34. The second-order valence-corrected chi connectivity index (χ2v) is 8.02. The largest absolute Gasteiger partial charge is 0.471 e. The van der Waals surface area contributed by atoms with Gasteiger partial charge in [-0.3, -0.25) is 4.90 Å². The summed E-state index contributed by atoms with van der Waals surface area (Å²) >= 11 is 6.75. The van der Waals surface area contributed by atoms with E-state index in [4.69, 9.17) is 21.7 Å². The lowest BCUT2D eigenvalue weighted by molar-refractivity contribution is 0.141. The molecule has 6 nitrogen and oxygen atoms in total. The van der Waals surface area contributed by atoms with E-state index >= 15 is 0 Å². The molecule has 1 atom stereocenters. The summed E-state index contributed by atoms with van der Waals surface area (Å²) in [5, 5.41) is 3.06. The summed E-state index contributed by atoms with van der Waals surface area (Å²) in [5.41, 5.74) is 0.113. The molecule has 0 unspecified atom stereocenters. The van der Waals surface area contributed by atoms with Crippen molar-refractivity contribution >= 4 is 46.6 Å². The predicted octanol–water partition coefficient (Wildman–Crippen LogP) is 3.14. The van der Waals surface area contributed by atoms with E-state index in [9.17, 15) is 13.6 Å². The molecule has 1 aromatic carbocycles. The molecule has 0 spiro atoms. The molecule has 3 rings (SSSR count). The number of cyclic esters (lactones) is 1. The average Bonchev–Trinajstić information content (AvgIpc) is 2.84. The number of thiocarbonyl (C=S) groups is 1. The third kappa shape index (κ3) is 4.96. The van der Waals surface area contributed by atoms with Gasteiger partial charge >= 0.3 is 6.09 Å². The van der Waals surface area contributed by atoms with Crippen LogP contribution in [0.25, 0.3) is 0 Å². The van der Waals surface area contributed by atoms with Gasteiger partial charge in [0.15, 0.2) is 11.6 Å². The van der Waals surface area contributed by atoms with Crippen molar-refractivity contribution in [2.75, 3.05) is 54.1 Å². The quantitative estimate of drug-likeness (QED) is 0.719. The van der Waals surface area contributed by atoms with E-state index in [2.05, 4.69) is 5.32 Å². The molecule has 2 saturated heterocycles. The predicted molar refractivity (Wildman–Crippen MR) is 110 cm³/mol. The maximum absolute atomic E-state index is 14.7. The summed E-state index contributed by atoms with van der Waals surface area (Å²) in [6.45, 7) is 3.87. The highest BCUT2D eigenvalue weighted by atomic mass is 32.2. The lowest BCUT2D eigenvalue weighted by atomic mass is 10.2. The number of thioether (sulfide) groups is 1. The Morgan fingerprint density at radius 3 is 2.82 bits per heavy atom. The molecular weight excluding hydrogens is 408 g/mol. The maximum atomic E-state index is 14.7. The molecule has 28 heavy (non-hydrogen) atoms. The van der Waals surface area contributed by atoms with Gasteiger partial charge in [0.2, 0.25) is 0 Å². The normalized spacial score (nSPS) is 20.0. The SMILES string of the molecule is CCOC(=S)NC[C@H]1CN(c2cc(F)c(N3CCCSCC3)c(F)c2)C(=O)O1. The van der Waals surface area contributed by atoms with Crippen molar-refractivity contribution in [1.82, 2.24) is 5.32 Å². The molecule has 0 radical (unpaired) electrons. The Morgan fingerprint density at radius 2 is 2.11 bits per heavy atom. The number of halogens is 2. The van der Waals surface area contributed by atoms with Crippen molar-refractivity contribution in [3.8, 4) is 0 Å². The Kier molecular flexibility index (Phi) is 7.17. The Bertz CT molecular complexity index is 707. The number of hydrogen-bond acceptors (Lipinski definition) is 6. The number of carbonyl (C=O) groups excluding carboxylic acids is 1. The highest BCUT2D eigenvalue weighted by Gasteiger charge is 2.33. The zero-order valence-electron chi connectivity index (χ0n) is 15.6. The van der Waals surface area contributed by atoms with Crippen LogP contribution in [-0.2, 0) is 9.47 Å². The fourth-order valence-corrected chi connectivity index (χ4v) is 4.29. The number of carbonyl (C=O) groups is 1. The molecule has 0 aromatic heterocycles. The third-order valence-corrected chi connectivity index (χ3v) is 5.79. The Balaban J connectivity index is 1.69. The molecule has 154 valence electrons. The van der Waals surface area contributed by atoms with Crippen molar-refractivity contribution in [3.63, 3.8) is 0 Å². The summed E-state index contributed by atoms with van der Waals surface area (Å²) < 4.78 is 39.8. The van der Waals surface area contributed by atoms with Crippen LogP contribution in [0.4, 0.5) is 25.0 Å². The monoisotopic (exact) mass is 431 g/mol. The summed E-state index contributed by atoms with van der Waals surface area (Å²) in [4.78, 5) is 15.1. The summed E-state index contributed by atoms with van der Waals surface area (Å²) in [6.07, 6.45) is -0.270. The van der Waals surface area contributed by atoms with Crippen molar-refractivity contribution in [2.45, 2.75) is 19.4 Å². The van der Waals surface area contributed by atoms with Crippen LogP contribution >= 0.6 is 24.0 Å². The van der Waals surface area contributed by atoms with Crippen LogP contribution in [0.1, 0.15) is 13.3 Å².